The monoisotopic (exact) mass is 489 g/mol. The van der Waals surface area contributed by atoms with Gasteiger partial charge < -0.3 is 14.8 Å². The van der Waals surface area contributed by atoms with Crippen LogP contribution in [0.15, 0.2) is 79.8 Å². The Balaban J connectivity index is 1.53. The molecule has 2 aromatic carbocycles. The molecule has 35 heavy (non-hydrogen) atoms. The number of aromatic nitrogens is 3. The van der Waals surface area contributed by atoms with E-state index in [9.17, 15) is 0 Å². The Morgan fingerprint density at radius 3 is 2.74 bits per heavy atom. The maximum absolute atomic E-state index is 6.50. The molecule has 0 unspecified atom stereocenters. The first-order chi connectivity index (χ1) is 17.0. The predicted octanol–water partition coefficient (Wildman–Crippen LogP) is 5.89. The lowest BCUT2D eigenvalue weighted by Gasteiger charge is -2.22. The number of ether oxygens (including phenoxy) is 2. The van der Waals surface area contributed by atoms with Crippen LogP contribution in [-0.2, 0) is 6.61 Å². The zero-order valence-electron chi connectivity index (χ0n) is 19.8. The average molecular weight is 490 g/mol. The van der Waals surface area contributed by atoms with Crippen molar-refractivity contribution in [1.82, 2.24) is 19.9 Å². The summed E-state index contributed by atoms with van der Waals surface area (Å²) in [5, 5.41) is 4.65. The molecule has 7 nitrogen and oxygen atoms in total. The van der Waals surface area contributed by atoms with Crippen LogP contribution in [0, 0.1) is 0 Å². The molecular formula is C27H28ClN5O2. The Morgan fingerprint density at radius 1 is 1.09 bits per heavy atom. The molecule has 1 atom stereocenters. The van der Waals surface area contributed by atoms with Crippen LogP contribution >= 0.6 is 11.6 Å². The first kappa shape index (κ1) is 24.4. The summed E-state index contributed by atoms with van der Waals surface area (Å²) < 4.78 is 12.1. The summed E-state index contributed by atoms with van der Waals surface area (Å²) >= 11 is 6.50. The van der Waals surface area contributed by atoms with Crippen molar-refractivity contribution in [1.29, 1.82) is 0 Å². The topological polar surface area (TPSA) is 72.4 Å². The van der Waals surface area contributed by atoms with Gasteiger partial charge in [-0.2, -0.15) is 0 Å². The minimum absolute atomic E-state index is 0.0383. The van der Waals surface area contributed by atoms with E-state index in [4.69, 9.17) is 21.1 Å². The van der Waals surface area contributed by atoms with Crippen LogP contribution in [0.5, 0.6) is 11.5 Å². The highest BCUT2D eigenvalue weighted by Gasteiger charge is 2.15. The highest BCUT2D eigenvalue weighted by atomic mass is 35.5. The lowest BCUT2D eigenvalue weighted by Crippen LogP contribution is -2.31. The predicted molar refractivity (Wildman–Crippen MR) is 141 cm³/mol. The molecular weight excluding hydrogens is 462 g/mol. The van der Waals surface area contributed by atoms with E-state index in [0.29, 0.717) is 28.9 Å². The SMILES string of the molecule is C=CCN(C)C[C@@H](C)Oc1cccc2ncnc(Nc3ccc(OCc4ccccn4)c(Cl)c3)c12. The summed E-state index contributed by atoms with van der Waals surface area (Å²) in [7, 11) is 2.04. The lowest BCUT2D eigenvalue weighted by atomic mass is 10.2. The van der Waals surface area contributed by atoms with E-state index in [0.717, 1.165) is 35.4 Å². The number of fused-ring (bicyclic) bond motifs is 1. The largest absolute Gasteiger partial charge is 0.489 e. The molecule has 0 aliphatic heterocycles. The summed E-state index contributed by atoms with van der Waals surface area (Å²) in [6, 6.07) is 17.0. The molecule has 4 rings (SSSR count). The number of benzene rings is 2. The molecule has 180 valence electrons. The molecule has 0 amide bonds. The standard InChI is InChI=1S/C27H28ClN5O2/c1-4-14-33(3)16-19(2)35-25-10-7-9-23-26(25)27(31-18-30-23)32-20-11-12-24(22(28)15-20)34-17-21-8-5-6-13-29-21/h4-13,15,18-19H,1,14,16-17H2,2-3H3,(H,30,31,32)/t19-/m1/s1. The van der Waals surface area contributed by atoms with Gasteiger partial charge in [0.05, 0.1) is 21.6 Å². The molecule has 0 fully saturated rings. The molecule has 0 bridgehead atoms. The summed E-state index contributed by atoms with van der Waals surface area (Å²) in [4.78, 5) is 15.3. The van der Waals surface area contributed by atoms with Crippen molar-refractivity contribution < 1.29 is 9.47 Å². The molecule has 2 heterocycles. The van der Waals surface area contributed by atoms with Crippen molar-refractivity contribution in [3.8, 4) is 11.5 Å². The van der Waals surface area contributed by atoms with Gasteiger partial charge in [-0.25, -0.2) is 9.97 Å². The second kappa shape index (κ2) is 11.6. The van der Waals surface area contributed by atoms with Crippen molar-refractivity contribution in [2.75, 3.05) is 25.5 Å². The van der Waals surface area contributed by atoms with Crippen LogP contribution in [0.4, 0.5) is 11.5 Å². The first-order valence-electron chi connectivity index (χ1n) is 11.3. The van der Waals surface area contributed by atoms with E-state index in [2.05, 4.69) is 31.7 Å². The van der Waals surface area contributed by atoms with E-state index < -0.39 is 0 Å². The van der Waals surface area contributed by atoms with Crippen LogP contribution < -0.4 is 14.8 Å². The quantitative estimate of drug-likeness (QED) is 0.263. The van der Waals surface area contributed by atoms with E-state index >= 15 is 0 Å². The van der Waals surface area contributed by atoms with Gasteiger partial charge >= 0.3 is 0 Å². The van der Waals surface area contributed by atoms with Crippen molar-refractivity contribution in [3.05, 3.63) is 90.5 Å². The molecule has 1 N–H and O–H groups in total. The highest BCUT2D eigenvalue weighted by molar-refractivity contribution is 6.32. The van der Waals surface area contributed by atoms with Gasteiger partial charge in [-0.1, -0.05) is 29.8 Å². The Morgan fingerprint density at radius 2 is 1.97 bits per heavy atom. The molecule has 4 aromatic rings. The molecule has 0 spiro atoms. The number of halogens is 1. The second-order valence-corrected chi connectivity index (χ2v) is 8.60. The van der Waals surface area contributed by atoms with E-state index in [-0.39, 0.29) is 6.10 Å². The summed E-state index contributed by atoms with van der Waals surface area (Å²) in [5.41, 5.74) is 2.39. The minimum atomic E-state index is -0.0383. The van der Waals surface area contributed by atoms with Crippen molar-refractivity contribution >= 4 is 34.0 Å². The zero-order valence-corrected chi connectivity index (χ0v) is 20.6. The minimum Gasteiger partial charge on any atom is -0.489 e. The van der Waals surface area contributed by atoms with Crippen molar-refractivity contribution in [2.24, 2.45) is 0 Å². The number of likely N-dealkylation sites (N-methyl/N-ethyl adjacent to an activating group) is 1. The van der Waals surface area contributed by atoms with Gasteiger partial charge in [0, 0.05) is 25.0 Å². The van der Waals surface area contributed by atoms with E-state index in [1.807, 2.05) is 68.6 Å². The third-order valence-corrected chi connectivity index (χ3v) is 5.55. The van der Waals surface area contributed by atoms with Crippen molar-refractivity contribution in [3.63, 3.8) is 0 Å². The maximum atomic E-state index is 6.50. The van der Waals surface area contributed by atoms with Crippen LogP contribution in [0.1, 0.15) is 12.6 Å². The van der Waals surface area contributed by atoms with Gasteiger partial charge in [0.25, 0.3) is 0 Å². The van der Waals surface area contributed by atoms with Gasteiger partial charge in [-0.3, -0.25) is 9.88 Å². The Hall–Kier alpha value is -3.68. The molecule has 0 aliphatic carbocycles. The Kier molecular flexibility index (Phi) is 8.13. The van der Waals surface area contributed by atoms with Gasteiger partial charge in [0.15, 0.2) is 0 Å². The lowest BCUT2D eigenvalue weighted by molar-refractivity contribution is 0.171. The Labute approximate surface area is 210 Å². The average Bonchev–Trinajstić information content (AvgIpc) is 2.84. The summed E-state index contributed by atoms with van der Waals surface area (Å²) in [6.45, 7) is 7.72. The molecule has 2 aromatic heterocycles. The van der Waals surface area contributed by atoms with Gasteiger partial charge in [-0.15, -0.1) is 6.58 Å². The molecule has 8 heteroatoms. The fraction of sp³-hybridized carbons (Fsp3) is 0.222. The van der Waals surface area contributed by atoms with E-state index in [1.165, 1.54) is 6.33 Å². The number of pyridine rings is 1. The van der Waals surface area contributed by atoms with Crippen LogP contribution in [0.2, 0.25) is 5.02 Å². The Bertz CT molecular complexity index is 1280. The number of hydrogen-bond donors (Lipinski definition) is 1. The molecule has 0 radical (unpaired) electrons. The molecule has 0 saturated carbocycles. The summed E-state index contributed by atoms with van der Waals surface area (Å²) in [5.74, 6) is 1.93. The number of anilines is 2. The molecule has 0 saturated heterocycles. The van der Waals surface area contributed by atoms with Gasteiger partial charge in [0.1, 0.15) is 36.4 Å². The third-order valence-electron chi connectivity index (χ3n) is 5.26. The number of nitrogens with zero attached hydrogens (tertiary/aromatic N) is 4. The number of rotatable bonds is 11. The van der Waals surface area contributed by atoms with Gasteiger partial charge in [-0.05, 0) is 56.4 Å². The van der Waals surface area contributed by atoms with Crippen LogP contribution in [0.3, 0.4) is 0 Å². The number of nitrogens with one attached hydrogen (secondary N) is 1. The third kappa shape index (κ3) is 6.47. The number of hydrogen-bond acceptors (Lipinski definition) is 7. The fourth-order valence-corrected chi connectivity index (χ4v) is 3.96. The van der Waals surface area contributed by atoms with Crippen LogP contribution in [0.25, 0.3) is 10.9 Å². The van der Waals surface area contributed by atoms with E-state index in [1.54, 1.807) is 12.3 Å². The second-order valence-electron chi connectivity index (χ2n) is 8.19. The fourth-order valence-electron chi connectivity index (χ4n) is 3.73. The smallest absolute Gasteiger partial charge is 0.145 e. The highest BCUT2D eigenvalue weighted by Crippen LogP contribution is 2.34. The molecule has 0 aliphatic rings. The zero-order chi connectivity index (χ0) is 24.6. The first-order valence-corrected chi connectivity index (χ1v) is 11.7. The van der Waals surface area contributed by atoms with Crippen molar-refractivity contribution in [2.45, 2.75) is 19.6 Å². The summed E-state index contributed by atoms with van der Waals surface area (Å²) in [6.07, 6.45) is 5.10. The van der Waals surface area contributed by atoms with Crippen LogP contribution in [-0.4, -0.2) is 46.1 Å². The maximum Gasteiger partial charge on any atom is 0.145 e. The van der Waals surface area contributed by atoms with Gasteiger partial charge in [0.2, 0.25) is 0 Å². The normalized spacial score (nSPS) is 11.9.